The number of aliphatic imine (C=N–C) groups is 1. The Labute approximate surface area is 479 Å². The molecule has 2 heterocycles. The third-order valence-electron chi connectivity index (χ3n) is 19.0. The highest BCUT2D eigenvalue weighted by molar-refractivity contribution is 5.98. The predicted molar refractivity (Wildman–Crippen MR) is 320 cm³/mol. The molecule has 0 radical (unpaired) electrons. The molecule has 1 amide bonds. The van der Waals surface area contributed by atoms with Gasteiger partial charge in [0.15, 0.2) is 11.7 Å². The Morgan fingerprint density at radius 1 is 0.951 bits per heavy atom. The van der Waals surface area contributed by atoms with E-state index in [9.17, 15) is 35.4 Å². The van der Waals surface area contributed by atoms with Crippen molar-refractivity contribution in [1.82, 2.24) is 16.0 Å². The zero-order valence-electron chi connectivity index (χ0n) is 48.1. The maximum Gasteiger partial charge on any atom is 0.243 e. The van der Waals surface area contributed by atoms with Gasteiger partial charge in [0.2, 0.25) is 5.91 Å². The maximum absolute atomic E-state index is 15.1. The van der Waals surface area contributed by atoms with E-state index in [1.54, 1.807) is 31.2 Å². The van der Waals surface area contributed by atoms with Gasteiger partial charge in [0, 0.05) is 42.8 Å². The van der Waals surface area contributed by atoms with Gasteiger partial charge >= 0.3 is 0 Å². The lowest BCUT2D eigenvalue weighted by molar-refractivity contribution is -0.168. The average Bonchev–Trinajstić information content (AvgIpc) is 4.16. The normalized spacial score (nSPS) is 30.5. The number of guanidine groups is 1. The molecule has 3 aromatic rings. The smallest absolute Gasteiger partial charge is 0.243 e. The standard InChI is InChI=1S/C66H91N7O8/c1-39(2)19-26-56(70-35-42-12-6-7-13-42)40(3)11-8-17-47(38-74)51-28-30-66(61(51)79)55-25-24-49(76)32-43-14-9-15-44(31-43)33-53(54(36-72-64(68)69)45-20-22-48(75)23-21-45)58(78)37-71-60-59-46(16-10-18-52(59)62(67)73-63(60)80)34-57(77)41(4)50(55)27-29-65(66,5)81/h8-11,14-23,31,42,49,51,53-56,58,60-62,70-71,74-76,78-79,81H,3,6-7,12-13,24-30,32-38,67H2,1-2,4-5H3,(H,73,80)(H4,68,69,72)/b11-8+,47-17-,50-41+/t49-,51+,53+,54+,55+,56-,58+,60+,61+,62+,65+,66+/m0/s1. The number of fused-ring (bicyclic) bond motifs is 4. The Hall–Kier alpha value is -5.75. The Morgan fingerprint density at radius 2 is 1.67 bits per heavy atom. The summed E-state index contributed by atoms with van der Waals surface area (Å²) < 4.78 is 0. The summed E-state index contributed by atoms with van der Waals surface area (Å²) in [4.78, 5) is 33.7. The van der Waals surface area contributed by atoms with Crippen molar-refractivity contribution in [2.45, 2.75) is 166 Å². The summed E-state index contributed by atoms with van der Waals surface area (Å²) >= 11 is 0. The molecule has 5 aliphatic rings. The second-order valence-corrected chi connectivity index (χ2v) is 24.6. The van der Waals surface area contributed by atoms with Crippen molar-refractivity contribution >= 4 is 17.6 Å². The van der Waals surface area contributed by atoms with Gasteiger partial charge in [0.25, 0.3) is 0 Å². The molecule has 3 saturated carbocycles. The van der Waals surface area contributed by atoms with Crippen LogP contribution in [0.4, 0.5) is 0 Å². The van der Waals surface area contributed by atoms with Gasteiger partial charge in [-0.3, -0.25) is 19.9 Å². The predicted octanol–water partition coefficient (Wildman–Crippen LogP) is 6.97. The molecular formula is C66H91N7O8. The minimum Gasteiger partial charge on any atom is -0.508 e. The van der Waals surface area contributed by atoms with E-state index in [-0.39, 0.29) is 62.5 Å². The molecule has 1 spiro atoms. The topological polar surface area (TPSA) is 282 Å². The Balaban J connectivity index is 1.16. The number of carbonyl (C=O) groups is 2. The molecule has 3 aliphatic carbocycles. The number of carbonyl (C=O) groups excluding carboxylic acids is 2. The van der Waals surface area contributed by atoms with Crippen LogP contribution in [0.15, 0.2) is 130 Å². The van der Waals surface area contributed by atoms with Crippen LogP contribution in [0, 0.1) is 29.1 Å². The Morgan fingerprint density at radius 3 is 2.37 bits per heavy atom. The average molecular weight is 1110 g/mol. The summed E-state index contributed by atoms with van der Waals surface area (Å²) in [7, 11) is 0. The first-order valence-corrected chi connectivity index (χ1v) is 29.6. The largest absolute Gasteiger partial charge is 0.508 e. The molecular weight excluding hydrogens is 1020 g/mol. The lowest BCUT2D eigenvalue weighted by Gasteiger charge is -2.56. The lowest BCUT2D eigenvalue weighted by atomic mass is 9.52. The molecule has 15 nitrogen and oxygen atoms in total. The van der Waals surface area contributed by atoms with Gasteiger partial charge in [0.05, 0.1) is 30.5 Å². The number of phenols is 1. The fourth-order valence-electron chi connectivity index (χ4n) is 14.5. The third-order valence-corrected chi connectivity index (χ3v) is 19.0. The second-order valence-electron chi connectivity index (χ2n) is 24.6. The molecule has 8 rings (SSSR count). The molecule has 12 atom stereocenters. The highest BCUT2D eigenvalue weighted by Crippen LogP contribution is 2.63. The Bertz CT molecular complexity index is 2860. The number of rotatable bonds is 14. The van der Waals surface area contributed by atoms with E-state index < -0.39 is 71.1 Å². The highest BCUT2D eigenvalue weighted by atomic mass is 16.3. The molecule has 3 aromatic carbocycles. The number of aliphatic hydroxyl groups is 5. The van der Waals surface area contributed by atoms with Crippen molar-refractivity contribution < 1.29 is 40.2 Å². The number of nitrogens with zero attached hydrogens (tertiary/aromatic N) is 1. The minimum absolute atomic E-state index is 0.0458. The summed E-state index contributed by atoms with van der Waals surface area (Å²) in [5.41, 5.74) is 24.4. The number of nitrogens with one attached hydrogen (secondary N) is 3. The Kier molecular flexibility index (Phi) is 20.5. The molecule has 438 valence electrons. The van der Waals surface area contributed by atoms with Gasteiger partial charge in [-0.25, -0.2) is 0 Å². The first-order valence-electron chi connectivity index (χ1n) is 29.6. The maximum atomic E-state index is 15.1. The number of hydrogen-bond acceptors (Lipinski definition) is 12. The van der Waals surface area contributed by atoms with Gasteiger partial charge in [-0.1, -0.05) is 109 Å². The number of phenolic OH excluding ortho intramolecular Hbond substituents is 1. The fourth-order valence-corrected chi connectivity index (χ4v) is 14.5. The summed E-state index contributed by atoms with van der Waals surface area (Å²) in [6.07, 6.45) is 12.7. The highest BCUT2D eigenvalue weighted by Gasteiger charge is 2.64. The van der Waals surface area contributed by atoms with Crippen LogP contribution in [-0.2, 0) is 28.9 Å². The van der Waals surface area contributed by atoms with Gasteiger partial charge in [-0.05, 0) is 185 Å². The first kappa shape index (κ1) is 61.3. The molecule has 0 saturated heterocycles. The molecule has 81 heavy (non-hydrogen) atoms. The number of hydrogen-bond donors (Lipinski definition) is 12. The van der Waals surface area contributed by atoms with Crippen LogP contribution in [0.2, 0.25) is 0 Å². The molecule has 2 aliphatic heterocycles. The van der Waals surface area contributed by atoms with Crippen LogP contribution in [0.25, 0.3) is 0 Å². The number of Topliss-reactive ketones (excluding diaryl/α,β-unsaturated/α-hetero) is 1. The summed E-state index contributed by atoms with van der Waals surface area (Å²) in [6, 6.07) is 19.1. The lowest BCUT2D eigenvalue weighted by Crippen LogP contribution is -2.59. The van der Waals surface area contributed by atoms with Gasteiger partial charge in [-0.2, -0.15) is 0 Å². The number of amides is 1. The van der Waals surface area contributed by atoms with Crippen molar-refractivity contribution in [3.63, 3.8) is 0 Å². The fraction of sp³-hybridized carbons (Fsp3) is 0.530. The minimum atomic E-state index is -1.39. The van der Waals surface area contributed by atoms with Crippen LogP contribution >= 0.6 is 0 Å². The van der Waals surface area contributed by atoms with Gasteiger partial charge in [0.1, 0.15) is 18.0 Å². The number of allylic oxidation sites excluding steroid dienone is 5. The molecule has 0 aromatic heterocycles. The molecule has 15 heteroatoms. The van der Waals surface area contributed by atoms with Crippen molar-refractivity contribution in [3.8, 4) is 5.75 Å². The quantitative estimate of drug-likeness (QED) is 0.0337. The van der Waals surface area contributed by atoms with E-state index in [2.05, 4.69) is 47.4 Å². The van der Waals surface area contributed by atoms with Crippen LogP contribution in [-0.4, -0.2) is 104 Å². The van der Waals surface area contributed by atoms with Crippen LogP contribution in [0.5, 0.6) is 5.75 Å². The second kappa shape index (κ2) is 27.1. The number of nitrogens with two attached hydrogens (primary N) is 3. The number of ketones is 1. The van der Waals surface area contributed by atoms with E-state index in [1.807, 2.05) is 67.6 Å². The van der Waals surface area contributed by atoms with Crippen molar-refractivity contribution in [1.29, 1.82) is 0 Å². The zero-order valence-corrected chi connectivity index (χ0v) is 48.1. The van der Waals surface area contributed by atoms with Crippen molar-refractivity contribution in [2.24, 2.45) is 51.3 Å². The first-order chi connectivity index (χ1) is 38.7. The van der Waals surface area contributed by atoms with Crippen molar-refractivity contribution in [3.05, 3.63) is 159 Å². The summed E-state index contributed by atoms with van der Waals surface area (Å²) in [5, 5.41) is 81.8. The van der Waals surface area contributed by atoms with Crippen molar-refractivity contribution in [2.75, 3.05) is 26.2 Å². The molecule has 0 unspecified atom stereocenters. The number of aromatic hydroxyl groups is 1. The number of benzene rings is 3. The molecule has 2 bridgehead atoms. The number of aliphatic hydroxyl groups excluding tert-OH is 4. The number of β-amino-alcohol motifs (C(OH)–C–C–N with tert-alkyl or cyclic N) is 1. The molecule has 3 fully saturated rings. The summed E-state index contributed by atoms with van der Waals surface area (Å²) in [6.45, 7) is 13.0. The molecule has 15 N–H and O–H groups in total. The van der Waals surface area contributed by atoms with E-state index >= 15 is 4.79 Å². The van der Waals surface area contributed by atoms with Crippen LogP contribution < -0.4 is 33.2 Å². The monoisotopic (exact) mass is 1110 g/mol. The third kappa shape index (κ3) is 14.2. The van der Waals surface area contributed by atoms with Gasteiger partial charge < -0.3 is 58.5 Å². The van der Waals surface area contributed by atoms with Crippen LogP contribution in [0.1, 0.15) is 150 Å². The van der Waals surface area contributed by atoms with E-state index in [4.69, 9.17) is 17.2 Å². The summed E-state index contributed by atoms with van der Waals surface area (Å²) in [5.74, 6) is -2.04. The van der Waals surface area contributed by atoms with E-state index in [0.29, 0.717) is 72.3 Å². The van der Waals surface area contributed by atoms with Gasteiger partial charge in [-0.15, -0.1) is 0 Å². The van der Waals surface area contributed by atoms with E-state index in [1.165, 1.54) is 31.3 Å². The SMILES string of the molecule is C=C(/C=C/C=C(/CO)[C@H]1CC[C@@]2([C@@H]3CC[C@H](O)Cc4cccc(c4)C[C@H]([C@H](CN=C(N)N)c4ccc(O)cc4)[C@H](O)CN[C@H]4C(=O)N[C@@H](N)c5cccc(c54)CC(=O)/C(C)=C/3CC[C@@]2(C)O)[C@@H]1O)[C@H](CC=C(C)C)NCC1CCCC1. The van der Waals surface area contributed by atoms with E-state index in [0.717, 1.165) is 40.8 Å². The zero-order chi connectivity index (χ0) is 58.2. The van der Waals surface area contributed by atoms with Crippen LogP contribution in [0.3, 0.4) is 0 Å².